The number of esters is 1. The molecule has 1 atom stereocenters. The van der Waals surface area contributed by atoms with Crippen molar-refractivity contribution in [3.8, 4) is 0 Å². The number of aromatic nitrogens is 1. The lowest BCUT2D eigenvalue weighted by atomic mass is 9.98. The Morgan fingerprint density at radius 2 is 2.00 bits per heavy atom. The van der Waals surface area contributed by atoms with Crippen molar-refractivity contribution in [1.29, 1.82) is 0 Å². The van der Waals surface area contributed by atoms with Gasteiger partial charge in [-0.1, -0.05) is 35.9 Å². The van der Waals surface area contributed by atoms with Gasteiger partial charge in [0.15, 0.2) is 0 Å². The second kappa shape index (κ2) is 10.7. The Bertz CT molecular complexity index is 612. The van der Waals surface area contributed by atoms with Crippen molar-refractivity contribution in [3.05, 3.63) is 66.0 Å². The van der Waals surface area contributed by atoms with E-state index < -0.39 is 5.60 Å². The molecule has 1 heterocycles. The van der Waals surface area contributed by atoms with E-state index in [2.05, 4.69) is 44.5 Å². The molecule has 0 saturated heterocycles. The number of ether oxygens (including phenoxy) is 1. The van der Waals surface area contributed by atoms with Crippen LogP contribution in [-0.4, -0.2) is 16.6 Å². The zero-order chi connectivity index (χ0) is 18.7. The monoisotopic (exact) mass is 341 g/mol. The van der Waals surface area contributed by atoms with Gasteiger partial charge >= 0.3 is 5.97 Å². The van der Waals surface area contributed by atoms with Crippen molar-refractivity contribution >= 4 is 5.97 Å². The number of hydrogen-bond acceptors (Lipinski definition) is 3. The third-order valence-corrected chi connectivity index (χ3v) is 4.06. The summed E-state index contributed by atoms with van der Waals surface area (Å²) >= 11 is 0. The fourth-order valence-electron chi connectivity index (χ4n) is 2.44. The van der Waals surface area contributed by atoms with Gasteiger partial charge in [-0.15, -0.1) is 0 Å². The Morgan fingerprint density at radius 3 is 2.60 bits per heavy atom. The standard InChI is InChI=1S/C22H31NO2/c1-6-22(5,15-10-13-19(4)12-9-11-18(2)3)25-21(24)17-20-14-7-8-16-23-20/h6-8,11,13-14,16H,1,9-10,12,15,17H2,2-5H3. The lowest BCUT2D eigenvalue weighted by molar-refractivity contribution is -0.153. The summed E-state index contributed by atoms with van der Waals surface area (Å²) < 4.78 is 5.65. The highest BCUT2D eigenvalue weighted by Gasteiger charge is 2.24. The first-order valence-electron chi connectivity index (χ1n) is 8.89. The van der Waals surface area contributed by atoms with Gasteiger partial charge in [0.25, 0.3) is 0 Å². The first-order chi connectivity index (χ1) is 11.8. The van der Waals surface area contributed by atoms with Crippen LogP contribution < -0.4 is 0 Å². The summed E-state index contributed by atoms with van der Waals surface area (Å²) in [5.41, 5.74) is 2.78. The summed E-state index contributed by atoms with van der Waals surface area (Å²) in [5, 5.41) is 0. The normalized spacial score (nSPS) is 13.7. The number of allylic oxidation sites excluding steroid dienone is 4. The molecule has 1 aromatic heterocycles. The smallest absolute Gasteiger partial charge is 0.312 e. The topological polar surface area (TPSA) is 39.2 Å². The van der Waals surface area contributed by atoms with Crippen molar-refractivity contribution in [2.45, 2.75) is 65.4 Å². The molecule has 0 aromatic carbocycles. The minimum Gasteiger partial charge on any atom is -0.455 e. The van der Waals surface area contributed by atoms with Gasteiger partial charge in [-0.25, -0.2) is 0 Å². The minimum atomic E-state index is -0.650. The summed E-state index contributed by atoms with van der Waals surface area (Å²) in [6.07, 6.45) is 11.8. The van der Waals surface area contributed by atoms with Crippen LogP contribution in [0.5, 0.6) is 0 Å². The molecule has 0 aliphatic rings. The lowest BCUT2D eigenvalue weighted by Gasteiger charge is -2.25. The van der Waals surface area contributed by atoms with Gasteiger partial charge in [0, 0.05) is 6.20 Å². The third kappa shape index (κ3) is 9.04. The molecule has 0 aliphatic heterocycles. The zero-order valence-electron chi connectivity index (χ0n) is 16.0. The van der Waals surface area contributed by atoms with Gasteiger partial charge in [-0.2, -0.15) is 0 Å². The highest BCUT2D eigenvalue weighted by molar-refractivity contribution is 5.72. The van der Waals surface area contributed by atoms with E-state index in [1.165, 1.54) is 11.1 Å². The van der Waals surface area contributed by atoms with Crippen molar-refractivity contribution in [2.75, 3.05) is 0 Å². The summed E-state index contributed by atoms with van der Waals surface area (Å²) in [4.78, 5) is 16.3. The number of rotatable bonds is 10. The molecule has 0 fully saturated rings. The van der Waals surface area contributed by atoms with Crippen LogP contribution in [-0.2, 0) is 16.0 Å². The Kier molecular flexibility index (Phi) is 8.90. The fraction of sp³-hybridized carbons (Fsp3) is 0.455. The van der Waals surface area contributed by atoms with E-state index in [4.69, 9.17) is 4.74 Å². The molecular formula is C22H31NO2. The van der Waals surface area contributed by atoms with E-state index in [9.17, 15) is 4.79 Å². The highest BCUT2D eigenvalue weighted by Crippen LogP contribution is 2.21. The van der Waals surface area contributed by atoms with Crippen LogP contribution >= 0.6 is 0 Å². The van der Waals surface area contributed by atoms with Crippen LogP contribution in [0.4, 0.5) is 0 Å². The first-order valence-corrected chi connectivity index (χ1v) is 8.89. The van der Waals surface area contributed by atoms with E-state index >= 15 is 0 Å². The number of pyridine rings is 1. The summed E-state index contributed by atoms with van der Waals surface area (Å²) in [6.45, 7) is 12.1. The molecule has 0 spiro atoms. The SMILES string of the molecule is C=CC(C)(CCC=C(C)CCC=C(C)C)OC(=O)Cc1ccccn1. The maximum absolute atomic E-state index is 12.2. The van der Waals surface area contributed by atoms with Gasteiger partial charge < -0.3 is 4.74 Å². The Labute approximate surface area is 152 Å². The van der Waals surface area contributed by atoms with E-state index in [1.54, 1.807) is 12.3 Å². The number of carbonyl (C=O) groups is 1. The second-order valence-electron chi connectivity index (χ2n) is 6.90. The Balaban J connectivity index is 2.48. The maximum atomic E-state index is 12.2. The molecule has 0 saturated carbocycles. The highest BCUT2D eigenvalue weighted by atomic mass is 16.6. The largest absolute Gasteiger partial charge is 0.455 e. The van der Waals surface area contributed by atoms with Crippen LogP contribution in [0.1, 0.15) is 59.1 Å². The Hall–Kier alpha value is -2.16. The molecule has 25 heavy (non-hydrogen) atoms. The van der Waals surface area contributed by atoms with Crippen molar-refractivity contribution in [2.24, 2.45) is 0 Å². The fourth-order valence-corrected chi connectivity index (χ4v) is 2.44. The van der Waals surface area contributed by atoms with Crippen LogP contribution in [0.3, 0.4) is 0 Å². The van der Waals surface area contributed by atoms with Gasteiger partial charge in [-0.3, -0.25) is 9.78 Å². The molecule has 0 bridgehead atoms. The molecule has 1 unspecified atom stereocenters. The van der Waals surface area contributed by atoms with Crippen molar-refractivity contribution in [1.82, 2.24) is 4.98 Å². The second-order valence-corrected chi connectivity index (χ2v) is 6.90. The van der Waals surface area contributed by atoms with Gasteiger partial charge in [-0.05, 0) is 71.6 Å². The first kappa shape index (κ1) is 20.9. The number of hydrogen-bond donors (Lipinski definition) is 0. The minimum absolute atomic E-state index is 0.182. The Morgan fingerprint density at radius 1 is 1.24 bits per heavy atom. The van der Waals surface area contributed by atoms with E-state index in [0.717, 1.165) is 25.7 Å². The van der Waals surface area contributed by atoms with Crippen LogP contribution in [0.2, 0.25) is 0 Å². The van der Waals surface area contributed by atoms with E-state index in [-0.39, 0.29) is 12.4 Å². The average Bonchev–Trinajstić information content (AvgIpc) is 2.55. The van der Waals surface area contributed by atoms with Gasteiger partial charge in [0.05, 0.1) is 12.1 Å². The summed E-state index contributed by atoms with van der Waals surface area (Å²) in [6, 6.07) is 5.52. The van der Waals surface area contributed by atoms with Crippen molar-refractivity contribution < 1.29 is 9.53 Å². The summed E-state index contributed by atoms with van der Waals surface area (Å²) in [7, 11) is 0. The van der Waals surface area contributed by atoms with Gasteiger partial charge in [0.1, 0.15) is 5.60 Å². The molecule has 0 N–H and O–H groups in total. The predicted molar refractivity (Wildman–Crippen MR) is 104 cm³/mol. The molecule has 136 valence electrons. The molecule has 1 aromatic rings. The number of carbonyl (C=O) groups excluding carboxylic acids is 1. The van der Waals surface area contributed by atoms with Crippen LogP contribution in [0, 0.1) is 0 Å². The van der Waals surface area contributed by atoms with Crippen LogP contribution in [0.25, 0.3) is 0 Å². The lowest BCUT2D eigenvalue weighted by Crippen LogP contribution is -2.30. The molecule has 0 amide bonds. The quantitative estimate of drug-likeness (QED) is 0.411. The van der Waals surface area contributed by atoms with E-state index in [0.29, 0.717) is 5.69 Å². The number of nitrogens with zero attached hydrogens (tertiary/aromatic N) is 1. The van der Waals surface area contributed by atoms with E-state index in [1.807, 2.05) is 25.1 Å². The molecule has 0 radical (unpaired) electrons. The average molecular weight is 341 g/mol. The summed E-state index contributed by atoms with van der Waals surface area (Å²) in [5.74, 6) is -0.273. The maximum Gasteiger partial charge on any atom is 0.312 e. The molecule has 3 nitrogen and oxygen atoms in total. The molecule has 1 rings (SSSR count). The third-order valence-electron chi connectivity index (χ3n) is 4.06. The zero-order valence-corrected chi connectivity index (χ0v) is 16.0. The predicted octanol–water partition coefficient (Wildman–Crippen LogP) is 5.58. The van der Waals surface area contributed by atoms with Gasteiger partial charge in [0.2, 0.25) is 0 Å². The molecular weight excluding hydrogens is 310 g/mol. The molecule has 0 aliphatic carbocycles. The molecule has 3 heteroatoms. The van der Waals surface area contributed by atoms with Crippen molar-refractivity contribution in [3.63, 3.8) is 0 Å². The van der Waals surface area contributed by atoms with Crippen LogP contribution in [0.15, 0.2) is 60.3 Å².